The molecule has 0 bridgehead atoms. The number of hydroxylamine groups is 1. The van der Waals surface area contributed by atoms with Crippen molar-refractivity contribution in [3.8, 4) is 5.75 Å². The van der Waals surface area contributed by atoms with E-state index >= 15 is 0 Å². The lowest BCUT2D eigenvalue weighted by Gasteiger charge is -2.32. The van der Waals surface area contributed by atoms with Crippen molar-refractivity contribution in [2.45, 2.75) is 45.1 Å². The molecule has 0 aromatic heterocycles. The van der Waals surface area contributed by atoms with Crippen molar-refractivity contribution in [2.24, 2.45) is 11.8 Å². The number of amides is 1. The summed E-state index contributed by atoms with van der Waals surface area (Å²) in [4.78, 5) is 12.5. The Morgan fingerprint density at radius 2 is 1.81 bits per heavy atom. The van der Waals surface area contributed by atoms with E-state index in [4.69, 9.17) is 4.74 Å². The molecule has 2 N–H and O–H groups in total. The zero-order valence-corrected chi connectivity index (χ0v) is 19.4. The van der Waals surface area contributed by atoms with E-state index in [1.165, 1.54) is 10.4 Å². The molecular formula is C23H32N2O5S. The van der Waals surface area contributed by atoms with E-state index in [1.54, 1.807) is 49.7 Å². The van der Waals surface area contributed by atoms with E-state index in [9.17, 15) is 18.4 Å². The highest BCUT2D eigenvalue weighted by atomic mass is 32.2. The first-order valence-electron chi connectivity index (χ1n) is 10.3. The van der Waals surface area contributed by atoms with E-state index in [0.717, 1.165) is 10.8 Å². The van der Waals surface area contributed by atoms with Crippen LogP contribution in [-0.4, -0.2) is 43.0 Å². The van der Waals surface area contributed by atoms with Gasteiger partial charge in [-0.05, 0) is 53.3 Å². The summed E-state index contributed by atoms with van der Waals surface area (Å²) in [5.74, 6) is -0.166. The first-order valence-corrected chi connectivity index (χ1v) is 11.8. The molecule has 8 heteroatoms. The van der Waals surface area contributed by atoms with Gasteiger partial charge in [0, 0.05) is 6.54 Å². The molecule has 0 fully saturated rings. The molecule has 0 saturated heterocycles. The highest BCUT2D eigenvalue weighted by Crippen LogP contribution is 2.28. The molecule has 31 heavy (non-hydrogen) atoms. The maximum atomic E-state index is 13.6. The Morgan fingerprint density at radius 1 is 1.16 bits per heavy atom. The third kappa shape index (κ3) is 6.06. The molecule has 2 aromatic rings. The summed E-state index contributed by atoms with van der Waals surface area (Å²) in [6.45, 7) is 11.7. The third-order valence-electron chi connectivity index (χ3n) is 5.01. The number of ether oxygens (including phenoxy) is 1. The molecule has 0 heterocycles. The Morgan fingerprint density at radius 3 is 2.39 bits per heavy atom. The quantitative estimate of drug-likeness (QED) is 0.308. The predicted octanol–water partition coefficient (Wildman–Crippen LogP) is 3.97. The van der Waals surface area contributed by atoms with Crippen LogP contribution in [0.4, 0.5) is 0 Å². The Balaban J connectivity index is 2.50. The molecule has 7 nitrogen and oxygen atoms in total. The van der Waals surface area contributed by atoms with Crippen LogP contribution in [0.3, 0.4) is 0 Å². The SMILES string of the molecule is C=CCOc1ccc2cc(S(=O)(=O)N(CCC(C)C)[C@@H](C(=O)NO)C(C)C)ccc2c1. The lowest BCUT2D eigenvalue weighted by Crippen LogP contribution is -2.52. The van der Waals surface area contributed by atoms with Crippen LogP contribution < -0.4 is 10.2 Å². The van der Waals surface area contributed by atoms with Crippen LogP contribution in [-0.2, 0) is 14.8 Å². The lowest BCUT2D eigenvalue weighted by atomic mass is 10.0. The van der Waals surface area contributed by atoms with Gasteiger partial charge in [0.15, 0.2) is 0 Å². The number of hydrogen-bond acceptors (Lipinski definition) is 5. The van der Waals surface area contributed by atoms with Crippen LogP contribution in [0.25, 0.3) is 10.8 Å². The minimum absolute atomic E-state index is 0.0971. The zero-order chi connectivity index (χ0) is 23.2. The minimum atomic E-state index is -3.99. The van der Waals surface area contributed by atoms with Gasteiger partial charge < -0.3 is 4.74 Å². The zero-order valence-electron chi connectivity index (χ0n) is 18.5. The van der Waals surface area contributed by atoms with E-state index in [1.807, 2.05) is 19.9 Å². The standard InChI is InChI=1S/C23H32N2O5S/c1-6-13-30-20-9-7-19-15-21(10-8-18(19)14-20)31(28,29)25(12-11-16(2)3)22(17(4)5)23(26)24-27/h6-10,14-17,22,27H,1,11-13H2,2-5H3,(H,24,26)/t22-/m1/s1. The number of rotatable bonds is 11. The monoisotopic (exact) mass is 448 g/mol. The van der Waals surface area contributed by atoms with Crippen LogP contribution in [0, 0.1) is 11.8 Å². The molecule has 0 aliphatic heterocycles. The number of hydrogen-bond donors (Lipinski definition) is 2. The van der Waals surface area contributed by atoms with Gasteiger partial charge in [-0.2, -0.15) is 4.31 Å². The van der Waals surface area contributed by atoms with Gasteiger partial charge in [0.25, 0.3) is 5.91 Å². The Kier molecular flexibility index (Phi) is 8.61. The highest BCUT2D eigenvalue weighted by Gasteiger charge is 2.37. The topological polar surface area (TPSA) is 95.9 Å². The van der Waals surface area contributed by atoms with Crippen molar-refractivity contribution in [1.29, 1.82) is 0 Å². The van der Waals surface area contributed by atoms with Gasteiger partial charge >= 0.3 is 0 Å². The summed E-state index contributed by atoms with van der Waals surface area (Å²) in [5, 5.41) is 10.8. The molecule has 2 aromatic carbocycles. The van der Waals surface area contributed by atoms with Gasteiger partial charge in [0.1, 0.15) is 18.4 Å². The number of nitrogens with zero attached hydrogens (tertiary/aromatic N) is 1. The van der Waals surface area contributed by atoms with Crippen molar-refractivity contribution >= 4 is 26.7 Å². The summed E-state index contributed by atoms with van der Waals surface area (Å²) in [5.41, 5.74) is 1.62. The molecule has 0 spiro atoms. The third-order valence-corrected chi connectivity index (χ3v) is 6.88. The molecule has 170 valence electrons. The molecule has 0 saturated carbocycles. The predicted molar refractivity (Wildman–Crippen MR) is 122 cm³/mol. The number of sulfonamides is 1. The van der Waals surface area contributed by atoms with Crippen LogP contribution in [0.5, 0.6) is 5.75 Å². The van der Waals surface area contributed by atoms with Gasteiger partial charge in [-0.1, -0.05) is 52.5 Å². The summed E-state index contributed by atoms with van der Waals surface area (Å²) >= 11 is 0. The Bertz CT molecular complexity index is 1020. The fraction of sp³-hybridized carbons (Fsp3) is 0.435. The first kappa shape index (κ1) is 24.8. The maximum Gasteiger partial charge on any atom is 0.262 e. The average molecular weight is 449 g/mol. The van der Waals surface area contributed by atoms with Crippen LogP contribution in [0.15, 0.2) is 53.9 Å². The van der Waals surface area contributed by atoms with Gasteiger partial charge in [-0.25, -0.2) is 13.9 Å². The van der Waals surface area contributed by atoms with Gasteiger partial charge in [-0.3, -0.25) is 10.0 Å². The second-order valence-electron chi connectivity index (χ2n) is 8.23. The largest absolute Gasteiger partial charge is 0.490 e. The van der Waals surface area contributed by atoms with Crippen LogP contribution >= 0.6 is 0 Å². The molecule has 1 atom stereocenters. The summed E-state index contributed by atoms with van der Waals surface area (Å²) in [6, 6.07) is 9.23. The lowest BCUT2D eigenvalue weighted by molar-refractivity contribution is -0.134. The fourth-order valence-electron chi connectivity index (χ4n) is 3.37. The summed E-state index contributed by atoms with van der Waals surface area (Å²) in [6.07, 6.45) is 2.23. The molecule has 0 radical (unpaired) electrons. The van der Waals surface area contributed by atoms with E-state index < -0.39 is 22.0 Å². The van der Waals surface area contributed by atoms with Gasteiger partial charge in [-0.15, -0.1) is 0 Å². The van der Waals surface area contributed by atoms with Gasteiger partial charge in [0.05, 0.1) is 4.90 Å². The maximum absolute atomic E-state index is 13.6. The van der Waals surface area contributed by atoms with Gasteiger partial charge in [0.2, 0.25) is 10.0 Å². The number of carbonyl (C=O) groups excluding carboxylic acids is 1. The molecule has 2 rings (SSSR count). The number of fused-ring (bicyclic) bond motifs is 1. The van der Waals surface area contributed by atoms with Crippen molar-refractivity contribution in [3.63, 3.8) is 0 Å². The summed E-state index contributed by atoms with van der Waals surface area (Å²) in [7, 11) is -3.99. The molecular weight excluding hydrogens is 416 g/mol. The minimum Gasteiger partial charge on any atom is -0.490 e. The van der Waals surface area contributed by atoms with Crippen LogP contribution in [0.2, 0.25) is 0 Å². The van der Waals surface area contributed by atoms with Crippen molar-refractivity contribution < 1.29 is 23.2 Å². The highest BCUT2D eigenvalue weighted by molar-refractivity contribution is 7.89. The van der Waals surface area contributed by atoms with Crippen molar-refractivity contribution in [2.75, 3.05) is 13.2 Å². The number of nitrogens with one attached hydrogen (secondary N) is 1. The average Bonchev–Trinajstić information content (AvgIpc) is 2.73. The van der Waals surface area contributed by atoms with Crippen molar-refractivity contribution in [1.82, 2.24) is 9.79 Å². The van der Waals surface area contributed by atoms with E-state index in [0.29, 0.717) is 18.8 Å². The first-order chi connectivity index (χ1) is 14.6. The molecule has 1 amide bonds. The number of carbonyl (C=O) groups is 1. The Labute approximate surface area is 184 Å². The molecule has 0 aliphatic carbocycles. The van der Waals surface area contributed by atoms with Crippen molar-refractivity contribution in [3.05, 3.63) is 49.1 Å². The Hall–Kier alpha value is -2.42. The normalized spacial score (nSPS) is 13.0. The second kappa shape index (κ2) is 10.7. The van der Waals surface area contributed by atoms with Crippen LogP contribution in [0.1, 0.15) is 34.1 Å². The molecule has 0 unspecified atom stereocenters. The van der Waals surface area contributed by atoms with E-state index in [-0.39, 0.29) is 23.3 Å². The second-order valence-corrected chi connectivity index (χ2v) is 10.1. The summed E-state index contributed by atoms with van der Waals surface area (Å²) < 4.78 is 33.9. The fourth-order valence-corrected chi connectivity index (χ4v) is 5.14. The molecule has 0 aliphatic rings. The smallest absolute Gasteiger partial charge is 0.262 e. The number of benzene rings is 2. The van der Waals surface area contributed by atoms with E-state index in [2.05, 4.69) is 6.58 Å².